The lowest BCUT2D eigenvalue weighted by Gasteiger charge is -2.58. The first-order valence-corrected chi connectivity index (χ1v) is 19.8. The molecule has 2 saturated carbocycles. The van der Waals surface area contributed by atoms with Crippen LogP contribution in [0.4, 0.5) is 0 Å². The largest absolute Gasteiger partial charge is 0.413 e. The van der Waals surface area contributed by atoms with Crippen molar-refractivity contribution in [1.82, 2.24) is 0 Å². The molecule has 0 aliphatic heterocycles. The minimum Gasteiger partial charge on any atom is -0.413 e. The Hall–Kier alpha value is -0.333. The van der Waals surface area contributed by atoms with Gasteiger partial charge in [0.25, 0.3) is 0 Å². The van der Waals surface area contributed by atoms with Gasteiger partial charge < -0.3 is 14.6 Å². The third kappa shape index (κ3) is 5.58. The Morgan fingerprint density at radius 3 is 2.41 bits per heavy atom. The van der Waals surface area contributed by atoms with Gasteiger partial charge in [0.05, 0.1) is 17.8 Å². The van der Waals surface area contributed by atoms with Crippen LogP contribution in [0.25, 0.3) is 0 Å². The van der Waals surface area contributed by atoms with Crippen molar-refractivity contribution in [3.63, 3.8) is 0 Å². The van der Waals surface area contributed by atoms with Crippen LogP contribution in [0, 0.1) is 22.7 Å². The summed E-state index contributed by atoms with van der Waals surface area (Å²) in [5, 5.41) is 22.3. The second kappa shape index (κ2) is 11.1. The molecule has 2 fully saturated rings. The fourth-order valence-corrected chi connectivity index (χ4v) is 10.9. The Morgan fingerprint density at radius 2 is 1.79 bits per heavy atom. The third-order valence-electron chi connectivity index (χ3n) is 12.2. The Morgan fingerprint density at radius 1 is 1.13 bits per heavy atom. The second-order valence-corrected chi connectivity index (χ2v) is 21.5. The molecule has 4 rings (SSSR count). The summed E-state index contributed by atoms with van der Waals surface area (Å²) < 4.78 is 7.20. The van der Waals surface area contributed by atoms with E-state index in [2.05, 4.69) is 86.7 Å². The highest BCUT2D eigenvalue weighted by atomic mass is 32.2. The molecule has 39 heavy (non-hydrogen) atoms. The van der Waals surface area contributed by atoms with Gasteiger partial charge in [-0.15, -0.1) is 0 Å². The summed E-state index contributed by atoms with van der Waals surface area (Å²) in [6.07, 6.45) is 14.8. The van der Waals surface area contributed by atoms with Crippen LogP contribution in [-0.4, -0.2) is 47.3 Å². The fraction of sp³-hybridized carbons (Fsp3) is 0.824. The number of allylic oxidation sites excluding steroid dienone is 4. The van der Waals surface area contributed by atoms with Gasteiger partial charge in [0.2, 0.25) is 0 Å². The van der Waals surface area contributed by atoms with Crippen LogP contribution in [0.5, 0.6) is 0 Å². The van der Waals surface area contributed by atoms with E-state index in [1.165, 1.54) is 18.4 Å². The SMILES string of the molecule is CCC(O)(CC)CCSC(C)C1=CC[C@H]2C3=CC=C4C[C@@H](O)C[C@@H](O[Si](C)(C)C(C)(C)C)[C@]4(C)[C@H]3CC[C@]12C. The van der Waals surface area contributed by atoms with Crippen molar-refractivity contribution in [3.05, 3.63) is 34.9 Å². The zero-order chi connectivity index (χ0) is 29.0. The van der Waals surface area contributed by atoms with Crippen LogP contribution in [0.3, 0.4) is 0 Å². The van der Waals surface area contributed by atoms with E-state index in [-0.39, 0.29) is 28.1 Å². The summed E-state index contributed by atoms with van der Waals surface area (Å²) in [5.41, 5.74) is 4.37. The Kier molecular flexibility index (Phi) is 8.96. The molecule has 4 aliphatic rings. The Balaban J connectivity index is 1.55. The van der Waals surface area contributed by atoms with Crippen LogP contribution >= 0.6 is 11.8 Å². The average molecular weight is 575 g/mol. The second-order valence-electron chi connectivity index (χ2n) is 15.3. The fourth-order valence-electron chi connectivity index (χ4n) is 8.09. The summed E-state index contributed by atoms with van der Waals surface area (Å²) in [7, 11) is -1.99. The van der Waals surface area contributed by atoms with Gasteiger partial charge in [-0.1, -0.05) is 83.4 Å². The normalized spacial score (nSPS) is 35.8. The molecule has 7 atom stereocenters. The van der Waals surface area contributed by atoms with Gasteiger partial charge >= 0.3 is 0 Å². The topological polar surface area (TPSA) is 49.7 Å². The van der Waals surface area contributed by atoms with Crippen LogP contribution in [0.2, 0.25) is 18.1 Å². The highest BCUT2D eigenvalue weighted by molar-refractivity contribution is 8.00. The van der Waals surface area contributed by atoms with Crippen molar-refractivity contribution in [2.75, 3.05) is 5.75 Å². The van der Waals surface area contributed by atoms with E-state index in [0.29, 0.717) is 17.1 Å². The molecule has 2 N–H and O–H groups in total. The minimum atomic E-state index is -1.99. The molecule has 4 aliphatic carbocycles. The van der Waals surface area contributed by atoms with E-state index in [1.54, 1.807) is 11.1 Å². The molecule has 0 saturated heterocycles. The number of aliphatic hydroxyl groups is 2. The average Bonchev–Trinajstić information content (AvgIpc) is 3.21. The monoisotopic (exact) mass is 574 g/mol. The van der Waals surface area contributed by atoms with E-state index in [4.69, 9.17) is 4.43 Å². The molecule has 222 valence electrons. The molecule has 0 radical (unpaired) electrons. The highest BCUT2D eigenvalue weighted by Crippen LogP contribution is 2.65. The van der Waals surface area contributed by atoms with E-state index in [9.17, 15) is 10.2 Å². The third-order valence-corrected chi connectivity index (χ3v) is 17.9. The van der Waals surface area contributed by atoms with Crippen molar-refractivity contribution in [2.24, 2.45) is 22.7 Å². The predicted molar refractivity (Wildman–Crippen MR) is 171 cm³/mol. The smallest absolute Gasteiger partial charge is 0.192 e. The van der Waals surface area contributed by atoms with Gasteiger partial charge in [0.15, 0.2) is 8.32 Å². The number of rotatable bonds is 9. The molecule has 0 aromatic carbocycles. The molecule has 0 bridgehead atoms. The van der Waals surface area contributed by atoms with Gasteiger partial charge in [-0.3, -0.25) is 0 Å². The maximum Gasteiger partial charge on any atom is 0.192 e. The van der Waals surface area contributed by atoms with Crippen molar-refractivity contribution in [1.29, 1.82) is 0 Å². The minimum absolute atomic E-state index is 0.0337. The lowest BCUT2D eigenvalue weighted by atomic mass is 9.49. The maximum absolute atomic E-state index is 10.9. The van der Waals surface area contributed by atoms with Gasteiger partial charge in [0.1, 0.15) is 0 Å². The van der Waals surface area contributed by atoms with Gasteiger partial charge in [-0.05, 0) is 99.4 Å². The van der Waals surface area contributed by atoms with E-state index < -0.39 is 13.9 Å². The molecule has 3 nitrogen and oxygen atoms in total. The molecule has 5 heteroatoms. The van der Waals surface area contributed by atoms with E-state index in [0.717, 1.165) is 44.3 Å². The first-order chi connectivity index (χ1) is 18.0. The van der Waals surface area contributed by atoms with E-state index in [1.807, 2.05) is 11.8 Å². The maximum atomic E-state index is 10.9. The summed E-state index contributed by atoms with van der Waals surface area (Å²) in [4.78, 5) is 0. The van der Waals surface area contributed by atoms with Crippen LogP contribution in [0.15, 0.2) is 34.9 Å². The highest BCUT2D eigenvalue weighted by Gasteiger charge is 2.58. The molecule has 0 heterocycles. The number of fused-ring (bicyclic) bond motifs is 5. The molecule has 0 spiro atoms. The van der Waals surface area contributed by atoms with Crippen molar-refractivity contribution >= 4 is 20.1 Å². The number of hydrogen-bond donors (Lipinski definition) is 2. The molecule has 0 aromatic rings. The van der Waals surface area contributed by atoms with Crippen LogP contribution in [-0.2, 0) is 4.43 Å². The lowest BCUT2D eigenvalue weighted by molar-refractivity contribution is -0.0417. The zero-order valence-corrected chi connectivity index (χ0v) is 28.5. The standard InChI is InChI=1S/C34H58O3SSi/c1-11-34(36,12-2)19-20-38-23(3)27-15-16-28-26-14-13-24-21-25(35)22-30(37-39(9,10)31(4,5)6)33(24,8)29(26)17-18-32(27,28)7/h13-15,23,25,28-30,35-36H,11-12,16-22H2,1-10H3/t23?,25-,28+,29+,30-,32-,33+/m1/s1. The van der Waals surface area contributed by atoms with Gasteiger partial charge in [-0.2, -0.15) is 11.8 Å². The van der Waals surface area contributed by atoms with Crippen LogP contribution in [0.1, 0.15) is 107 Å². The first kappa shape index (κ1) is 31.6. The molecule has 1 unspecified atom stereocenters. The summed E-state index contributed by atoms with van der Waals surface area (Å²) in [6, 6.07) is 0. The number of hydrogen-bond acceptors (Lipinski definition) is 4. The quantitative estimate of drug-likeness (QED) is 0.213. The Bertz CT molecular complexity index is 1000. The summed E-state index contributed by atoms with van der Waals surface area (Å²) >= 11 is 2.04. The summed E-state index contributed by atoms with van der Waals surface area (Å²) in [6.45, 7) is 23.3. The van der Waals surface area contributed by atoms with Gasteiger partial charge in [0, 0.05) is 10.7 Å². The predicted octanol–water partition coefficient (Wildman–Crippen LogP) is 8.83. The van der Waals surface area contributed by atoms with Crippen molar-refractivity contribution < 1.29 is 14.6 Å². The molecular weight excluding hydrogens is 517 g/mol. The van der Waals surface area contributed by atoms with Crippen LogP contribution < -0.4 is 0 Å². The lowest BCUT2D eigenvalue weighted by Crippen LogP contribution is -2.57. The Labute approximate surface area is 245 Å². The van der Waals surface area contributed by atoms with Crippen molar-refractivity contribution in [2.45, 2.75) is 148 Å². The van der Waals surface area contributed by atoms with E-state index >= 15 is 0 Å². The number of aliphatic hydroxyl groups excluding tert-OH is 1. The van der Waals surface area contributed by atoms with Gasteiger partial charge in [-0.25, -0.2) is 0 Å². The molecule has 0 amide bonds. The summed E-state index contributed by atoms with van der Waals surface area (Å²) in [5.74, 6) is 2.08. The first-order valence-electron chi connectivity index (χ1n) is 15.8. The zero-order valence-electron chi connectivity index (χ0n) is 26.7. The van der Waals surface area contributed by atoms with Crippen molar-refractivity contribution in [3.8, 4) is 0 Å². The molecular formula is C34H58O3SSi. The number of thioether (sulfide) groups is 1. The molecule has 0 aromatic heterocycles.